The van der Waals surface area contributed by atoms with Crippen molar-refractivity contribution in [3.8, 4) is 0 Å². The predicted molar refractivity (Wildman–Crippen MR) is 56.3 cm³/mol. The first-order chi connectivity index (χ1) is 6.74. The van der Waals surface area contributed by atoms with Gasteiger partial charge in [-0.25, -0.2) is 0 Å². The maximum absolute atomic E-state index is 11.5. The van der Waals surface area contributed by atoms with E-state index in [1.807, 2.05) is 12.1 Å². The molecule has 0 bridgehead atoms. The molecule has 76 valence electrons. The molecule has 0 N–H and O–H groups in total. The molecule has 0 spiro atoms. The van der Waals surface area contributed by atoms with Gasteiger partial charge in [-0.2, -0.15) is 0 Å². The summed E-state index contributed by atoms with van der Waals surface area (Å²) in [6, 6.07) is 7.20. The van der Waals surface area contributed by atoms with Gasteiger partial charge in [0.1, 0.15) is 13.4 Å². The van der Waals surface area contributed by atoms with Crippen molar-refractivity contribution < 1.29 is 14.3 Å². The van der Waals surface area contributed by atoms with Crippen LogP contribution in [0, 0.1) is 0 Å². The number of ketones is 1. The summed E-state index contributed by atoms with van der Waals surface area (Å²) in [7, 11) is 1.52. The summed E-state index contributed by atoms with van der Waals surface area (Å²) in [5, 5.41) is 0. The zero-order valence-corrected chi connectivity index (χ0v) is 9.41. The van der Waals surface area contributed by atoms with E-state index in [1.54, 1.807) is 12.1 Å². The van der Waals surface area contributed by atoms with E-state index < -0.39 is 0 Å². The first kappa shape index (κ1) is 11.4. The zero-order valence-electron chi connectivity index (χ0n) is 7.83. The summed E-state index contributed by atoms with van der Waals surface area (Å²) in [6.07, 6.45) is 0. The molecule has 0 radical (unpaired) electrons. The third-order valence-electron chi connectivity index (χ3n) is 1.58. The fourth-order valence-corrected chi connectivity index (χ4v) is 1.36. The molecule has 0 aliphatic rings. The lowest BCUT2D eigenvalue weighted by Crippen LogP contribution is -2.10. The Morgan fingerprint density at radius 3 is 2.93 bits per heavy atom. The van der Waals surface area contributed by atoms with Crippen molar-refractivity contribution in [2.24, 2.45) is 0 Å². The van der Waals surface area contributed by atoms with Crippen molar-refractivity contribution in [3.05, 3.63) is 34.3 Å². The van der Waals surface area contributed by atoms with Crippen molar-refractivity contribution in [2.45, 2.75) is 0 Å². The predicted octanol–water partition coefficient (Wildman–Crippen LogP) is 2.25. The first-order valence-electron chi connectivity index (χ1n) is 4.09. The van der Waals surface area contributed by atoms with Crippen molar-refractivity contribution in [2.75, 3.05) is 20.5 Å². The Balaban J connectivity index is 2.52. The summed E-state index contributed by atoms with van der Waals surface area (Å²) in [5.41, 5.74) is 0.635. The Morgan fingerprint density at radius 2 is 2.29 bits per heavy atom. The molecule has 0 atom stereocenters. The van der Waals surface area contributed by atoms with Gasteiger partial charge >= 0.3 is 0 Å². The fourth-order valence-electron chi connectivity index (χ4n) is 0.963. The summed E-state index contributed by atoms with van der Waals surface area (Å²) in [4.78, 5) is 11.5. The summed E-state index contributed by atoms with van der Waals surface area (Å²) in [6.45, 7) is 0.185. The van der Waals surface area contributed by atoms with Crippen LogP contribution < -0.4 is 0 Å². The van der Waals surface area contributed by atoms with Crippen LogP contribution in [0.15, 0.2) is 28.7 Å². The molecule has 1 aromatic rings. The van der Waals surface area contributed by atoms with Gasteiger partial charge in [0.15, 0.2) is 5.78 Å². The lowest BCUT2D eigenvalue weighted by Gasteiger charge is -2.02. The van der Waals surface area contributed by atoms with Crippen LogP contribution in [0.3, 0.4) is 0 Å². The highest BCUT2D eigenvalue weighted by molar-refractivity contribution is 9.10. The summed E-state index contributed by atoms with van der Waals surface area (Å²) in [5.74, 6) is -0.0525. The molecule has 0 saturated heterocycles. The Kier molecular flexibility index (Phi) is 4.79. The van der Waals surface area contributed by atoms with E-state index >= 15 is 0 Å². The van der Waals surface area contributed by atoms with E-state index in [0.717, 1.165) is 4.47 Å². The van der Waals surface area contributed by atoms with Crippen LogP contribution in [0.4, 0.5) is 0 Å². The van der Waals surface area contributed by atoms with Crippen LogP contribution in [0.5, 0.6) is 0 Å². The van der Waals surface area contributed by atoms with E-state index in [-0.39, 0.29) is 19.2 Å². The van der Waals surface area contributed by atoms with Crippen molar-refractivity contribution >= 4 is 21.7 Å². The minimum atomic E-state index is -0.0525. The number of carbonyl (C=O) groups is 1. The smallest absolute Gasteiger partial charge is 0.188 e. The first-order valence-corrected chi connectivity index (χ1v) is 4.89. The topological polar surface area (TPSA) is 35.5 Å². The van der Waals surface area contributed by atoms with Crippen LogP contribution in [-0.4, -0.2) is 26.3 Å². The minimum Gasteiger partial charge on any atom is -0.359 e. The Bertz CT molecular complexity index is 312. The van der Waals surface area contributed by atoms with E-state index in [4.69, 9.17) is 4.74 Å². The lowest BCUT2D eigenvalue weighted by atomic mass is 10.1. The molecule has 1 aromatic carbocycles. The van der Waals surface area contributed by atoms with Gasteiger partial charge in [0, 0.05) is 17.1 Å². The largest absolute Gasteiger partial charge is 0.359 e. The normalized spacial score (nSPS) is 10.1. The highest BCUT2D eigenvalue weighted by Crippen LogP contribution is 2.12. The molecule has 0 saturated carbocycles. The number of hydrogen-bond donors (Lipinski definition) is 0. The Hall–Kier alpha value is -0.710. The van der Waals surface area contributed by atoms with Crippen LogP contribution in [0.1, 0.15) is 10.4 Å². The van der Waals surface area contributed by atoms with E-state index in [0.29, 0.717) is 5.56 Å². The number of ether oxygens (including phenoxy) is 2. The molecular formula is C10H11BrO3. The average molecular weight is 259 g/mol. The van der Waals surface area contributed by atoms with E-state index in [9.17, 15) is 4.79 Å². The molecule has 0 aromatic heterocycles. The Labute approximate surface area is 91.1 Å². The third kappa shape index (κ3) is 3.57. The number of benzene rings is 1. The molecular weight excluding hydrogens is 248 g/mol. The quantitative estimate of drug-likeness (QED) is 0.462. The van der Waals surface area contributed by atoms with Gasteiger partial charge in [-0.1, -0.05) is 28.1 Å². The number of halogens is 1. The van der Waals surface area contributed by atoms with Crippen LogP contribution >= 0.6 is 15.9 Å². The van der Waals surface area contributed by atoms with Gasteiger partial charge in [0.2, 0.25) is 0 Å². The molecule has 0 unspecified atom stereocenters. The highest BCUT2D eigenvalue weighted by Gasteiger charge is 2.05. The number of methoxy groups -OCH3 is 1. The standard InChI is InChI=1S/C10H11BrO3/c1-13-7-14-6-10(12)8-3-2-4-9(11)5-8/h2-5H,6-7H2,1H3. The summed E-state index contributed by atoms with van der Waals surface area (Å²) < 4.78 is 10.5. The van der Waals surface area contributed by atoms with Gasteiger partial charge < -0.3 is 9.47 Å². The SMILES string of the molecule is COCOCC(=O)c1cccc(Br)c1. The van der Waals surface area contributed by atoms with Crippen LogP contribution in [-0.2, 0) is 9.47 Å². The number of rotatable bonds is 5. The zero-order chi connectivity index (χ0) is 10.4. The van der Waals surface area contributed by atoms with Gasteiger partial charge in [-0.3, -0.25) is 4.79 Å². The van der Waals surface area contributed by atoms with E-state index in [1.165, 1.54) is 7.11 Å². The Morgan fingerprint density at radius 1 is 1.50 bits per heavy atom. The van der Waals surface area contributed by atoms with Gasteiger partial charge in [-0.15, -0.1) is 0 Å². The maximum Gasteiger partial charge on any atom is 0.188 e. The molecule has 0 aliphatic carbocycles. The second-order valence-corrected chi connectivity index (χ2v) is 3.60. The highest BCUT2D eigenvalue weighted by atomic mass is 79.9. The second-order valence-electron chi connectivity index (χ2n) is 2.69. The summed E-state index contributed by atoms with van der Waals surface area (Å²) >= 11 is 3.29. The fraction of sp³-hybridized carbons (Fsp3) is 0.300. The molecule has 1 rings (SSSR count). The molecule has 0 fully saturated rings. The molecule has 3 nitrogen and oxygen atoms in total. The van der Waals surface area contributed by atoms with Gasteiger partial charge in [0.05, 0.1) is 0 Å². The average Bonchev–Trinajstić information content (AvgIpc) is 2.18. The molecule has 0 aliphatic heterocycles. The van der Waals surface area contributed by atoms with Crippen LogP contribution in [0.2, 0.25) is 0 Å². The number of hydrogen-bond acceptors (Lipinski definition) is 3. The van der Waals surface area contributed by atoms with Gasteiger partial charge in [-0.05, 0) is 12.1 Å². The van der Waals surface area contributed by atoms with Crippen LogP contribution in [0.25, 0.3) is 0 Å². The third-order valence-corrected chi connectivity index (χ3v) is 2.07. The van der Waals surface area contributed by atoms with Crippen molar-refractivity contribution in [1.82, 2.24) is 0 Å². The van der Waals surface area contributed by atoms with E-state index in [2.05, 4.69) is 20.7 Å². The maximum atomic E-state index is 11.5. The van der Waals surface area contributed by atoms with Crippen molar-refractivity contribution in [3.63, 3.8) is 0 Å². The monoisotopic (exact) mass is 258 g/mol. The lowest BCUT2D eigenvalue weighted by molar-refractivity contribution is -0.0237. The van der Waals surface area contributed by atoms with Gasteiger partial charge in [0.25, 0.3) is 0 Å². The number of carbonyl (C=O) groups excluding carboxylic acids is 1. The number of Topliss-reactive ketones (excluding diaryl/α,β-unsaturated/α-hetero) is 1. The van der Waals surface area contributed by atoms with Crippen molar-refractivity contribution in [1.29, 1.82) is 0 Å². The molecule has 0 amide bonds. The second kappa shape index (κ2) is 5.90. The molecule has 14 heavy (non-hydrogen) atoms. The molecule has 0 heterocycles. The minimum absolute atomic E-state index is 0.0459. The molecule has 4 heteroatoms.